The summed E-state index contributed by atoms with van der Waals surface area (Å²) in [6.07, 6.45) is 5.82. The largest absolute Gasteiger partial charge is 0.351 e. The summed E-state index contributed by atoms with van der Waals surface area (Å²) in [4.78, 5) is 12.4. The Morgan fingerprint density at radius 2 is 1.80 bits per heavy atom. The summed E-state index contributed by atoms with van der Waals surface area (Å²) in [6, 6.07) is 7.90. The zero-order valence-corrected chi connectivity index (χ0v) is 14.1. The van der Waals surface area contributed by atoms with Crippen LogP contribution < -0.4 is 11.1 Å². The van der Waals surface area contributed by atoms with Crippen molar-refractivity contribution in [3.8, 4) is 0 Å². The molecule has 1 aliphatic carbocycles. The Morgan fingerprint density at radius 1 is 1.25 bits per heavy atom. The van der Waals surface area contributed by atoms with Gasteiger partial charge in [-0.05, 0) is 37.5 Å². The van der Waals surface area contributed by atoms with E-state index in [1.54, 1.807) is 6.92 Å². The fourth-order valence-electron chi connectivity index (χ4n) is 2.51. The SMILES string of the molecule is CC(N)(C(=O)NC1CCCCC1)c1ccc(Br)cc1.Cl. The monoisotopic (exact) mass is 360 g/mol. The van der Waals surface area contributed by atoms with Crippen LogP contribution in [0.5, 0.6) is 0 Å². The van der Waals surface area contributed by atoms with Crippen molar-refractivity contribution < 1.29 is 4.79 Å². The molecule has 1 amide bonds. The quantitative estimate of drug-likeness (QED) is 0.866. The molecule has 3 N–H and O–H groups in total. The topological polar surface area (TPSA) is 55.1 Å². The number of hydrogen-bond acceptors (Lipinski definition) is 2. The van der Waals surface area contributed by atoms with Gasteiger partial charge in [0, 0.05) is 10.5 Å². The highest BCUT2D eigenvalue weighted by molar-refractivity contribution is 9.10. The summed E-state index contributed by atoms with van der Waals surface area (Å²) in [5, 5.41) is 3.10. The summed E-state index contributed by atoms with van der Waals surface area (Å²) < 4.78 is 0.986. The number of benzene rings is 1. The van der Waals surface area contributed by atoms with Crippen molar-refractivity contribution >= 4 is 34.2 Å². The first-order valence-corrected chi connectivity index (χ1v) is 7.65. The van der Waals surface area contributed by atoms with Crippen molar-refractivity contribution in [3.63, 3.8) is 0 Å². The fraction of sp³-hybridized carbons (Fsp3) is 0.533. The molecule has 0 heterocycles. The van der Waals surface area contributed by atoms with Crippen LogP contribution >= 0.6 is 28.3 Å². The molecule has 1 atom stereocenters. The minimum absolute atomic E-state index is 0. The van der Waals surface area contributed by atoms with E-state index in [1.807, 2.05) is 24.3 Å². The van der Waals surface area contributed by atoms with Gasteiger partial charge >= 0.3 is 0 Å². The molecule has 0 aliphatic heterocycles. The number of amides is 1. The van der Waals surface area contributed by atoms with E-state index in [9.17, 15) is 4.79 Å². The van der Waals surface area contributed by atoms with Crippen LogP contribution in [0.1, 0.15) is 44.6 Å². The molecule has 1 aliphatic rings. The van der Waals surface area contributed by atoms with Gasteiger partial charge in [0.15, 0.2) is 0 Å². The molecule has 1 unspecified atom stereocenters. The zero-order valence-electron chi connectivity index (χ0n) is 11.7. The van der Waals surface area contributed by atoms with E-state index in [1.165, 1.54) is 19.3 Å². The van der Waals surface area contributed by atoms with Gasteiger partial charge in [0.05, 0.1) is 0 Å². The molecule has 2 rings (SSSR count). The summed E-state index contributed by atoms with van der Waals surface area (Å²) in [5.41, 5.74) is 6.08. The molecule has 5 heteroatoms. The lowest BCUT2D eigenvalue weighted by Gasteiger charge is -2.29. The molecule has 0 bridgehead atoms. The van der Waals surface area contributed by atoms with Crippen LogP contribution in [0, 0.1) is 0 Å². The summed E-state index contributed by atoms with van der Waals surface area (Å²) in [5.74, 6) is -0.0817. The van der Waals surface area contributed by atoms with Crippen molar-refractivity contribution in [1.29, 1.82) is 0 Å². The predicted octanol–water partition coefficient (Wildman–Crippen LogP) is 3.49. The minimum Gasteiger partial charge on any atom is -0.351 e. The molecule has 3 nitrogen and oxygen atoms in total. The first-order chi connectivity index (χ1) is 9.00. The molecular weight excluding hydrogens is 340 g/mol. The summed E-state index contributed by atoms with van der Waals surface area (Å²) in [6.45, 7) is 1.77. The fourth-order valence-corrected chi connectivity index (χ4v) is 2.77. The number of nitrogens with two attached hydrogens (primary N) is 1. The third-order valence-electron chi connectivity index (χ3n) is 3.86. The smallest absolute Gasteiger partial charge is 0.244 e. The van der Waals surface area contributed by atoms with Crippen LogP contribution in [0.15, 0.2) is 28.7 Å². The Morgan fingerprint density at radius 3 is 2.35 bits per heavy atom. The van der Waals surface area contributed by atoms with E-state index in [-0.39, 0.29) is 18.3 Å². The number of halogens is 2. The van der Waals surface area contributed by atoms with E-state index in [0.29, 0.717) is 6.04 Å². The molecule has 0 spiro atoms. The van der Waals surface area contributed by atoms with E-state index >= 15 is 0 Å². The van der Waals surface area contributed by atoms with Gasteiger partial charge in [0.1, 0.15) is 5.54 Å². The van der Waals surface area contributed by atoms with Gasteiger partial charge in [-0.25, -0.2) is 0 Å². The number of hydrogen-bond donors (Lipinski definition) is 2. The molecule has 1 aromatic carbocycles. The van der Waals surface area contributed by atoms with Crippen LogP contribution in [0.4, 0.5) is 0 Å². The van der Waals surface area contributed by atoms with Crippen molar-refractivity contribution in [1.82, 2.24) is 5.32 Å². The van der Waals surface area contributed by atoms with E-state index < -0.39 is 5.54 Å². The molecule has 112 valence electrons. The molecule has 1 fully saturated rings. The van der Waals surface area contributed by atoms with Gasteiger partial charge in [-0.15, -0.1) is 12.4 Å². The molecule has 20 heavy (non-hydrogen) atoms. The Balaban J connectivity index is 0.00000200. The lowest BCUT2D eigenvalue weighted by Crippen LogP contribution is -2.52. The first kappa shape index (κ1) is 17.5. The number of carbonyl (C=O) groups is 1. The number of rotatable bonds is 3. The van der Waals surface area contributed by atoms with Crippen molar-refractivity contribution in [3.05, 3.63) is 34.3 Å². The summed E-state index contributed by atoms with van der Waals surface area (Å²) >= 11 is 3.39. The Hall–Kier alpha value is -0.580. The normalized spacial score (nSPS) is 18.8. The standard InChI is InChI=1S/C15H21BrN2O.ClH/c1-15(17,11-7-9-12(16)10-8-11)14(19)18-13-5-3-2-4-6-13;/h7-10,13H,2-6,17H2,1H3,(H,18,19);1H. The van der Waals surface area contributed by atoms with Gasteiger partial charge in [0.25, 0.3) is 0 Å². The lowest BCUT2D eigenvalue weighted by molar-refractivity contribution is -0.127. The van der Waals surface area contributed by atoms with Crippen LogP contribution in [-0.2, 0) is 10.3 Å². The van der Waals surface area contributed by atoms with Crippen LogP contribution in [-0.4, -0.2) is 11.9 Å². The maximum absolute atomic E-state index is 12.4. The third-order valence-corrected chi connectivity index (χ3v) is 4.38. The number of carbonyl (C=O) groups excluding carboxylic acids is 1. The first-order valence-electron chi connectivity index (χ1n) is 6.86. The van der Waals surface area contributed by atoms with Gasteiger partial charge < -0.3 is 11.1 Å². The number of nitrogens with one attached hydrogen (secondary N) is 1. The molecule has 0 saturated heterocycles. The second-order valence-corrected chi connectivity index (χ2v) is 6.43. The van der Waals surface area contributed by atoms with Gasteiger partial charge in [-0.2, -0.15) is 0 Å². The second kappa shape index (κ2) is 7.43. The Bertz CT molecular complexity index is 442. The van der Waals surface area contributed by atoms with E-state index in [0.717, 1.165) is 22.9 Å². The molecule has 1 aromatic rings. The van der Waals surface area contributed by atoms with Crippen molar-refractivity contribution in [2.24, 2.45) is 5.73 Å². The maximum atomic E-state index is 12.4. The highest BCUT2D eigenvalue weighted by atomic mass is 79.9. The highest BCUT2D eigenvalue weighted by Crippen LogP contribution is 2.23. The third kappa shape index (κ3) is 4.21. The molecule has 1 saturated carbocycles. The minimum atomic E-state index is -0.974. The van der Waals surface area contributed by atoms with Crippen LogP contribution in [0.2, 0.25) is 0 Å². The summed E-state index contributed by atoms with van der Waals surface area (Å²) in [7, 11) is 0. The van der Waals surface area contributed by atoms with E-state index in [4.69, 9.17) is 5.73 Å². The van der Waals surface area contributed by atoms with Gasteiger partial charge in [0.2, 0.25) is 5.91 Å². The lowest BCUT2D eigenvalue weighted by atomic mass is 9.90. The second-order valence-electron chi connectivity index (χ2n) is 5.52. The molecule has 0 aromatic heterocycles. The highest BCUT2D eigenvalue weighted by Gasteiger charge is 2.32. The van der Waals surface area contributed by atoms with Gasteiger partial charge in [-0.1, -0.05) is 47.3 Å². The maximum Gasteiger partial charge on any atom is 0.244 e. The Labute approximate surface area is 135 Å². The molecular formula is C15H22BrClN2O. The van der Waals surface area contributed by atoms with Gasteiger partial charge in [-0.3, -0.25) is 4.79 Å². The van der Waals surface area contributed by atoms with Crippen molar-refractivity contribution in [2.75, 3.05) is 0 Å². The Kier molecular flexibility index (Phi) is 6.49. The zero-order chi connectivity index (χ0) is 13.9. The van der Waals surface area contributed by atoms with E-state index in [2.05, 4.69) is 21.2 Å². The van der Waals surface area contributed by atoms with Crippen molar-refractivity contribution in [2.45, 2.75) is 50.6 Å². The average molecular weight is 362 g/mol. The molecule has 0 radical (unpaired) electrons. The van der Waals surface area contributed by atoms with Crippen LogP contribution in [0.3, 0.4) is 0 Å². The predicted molar refractivity (Wildman–Crippen MR) is 87.9 cm³/mol. The average Bonchev–Trinajstić information content (AvgIpc) is 2.40. The van der Waals surface area contributed by atoms with Crippen LogP contribution in [0.25, 0.3) is 0 Å².